The second-order valence-corrected chi connectivity index (χ2v) is 7.17. The van der Waals surface area contributed by atoms with Crippen molar-refractivity contribution >= 4 is 17.9 Å². The molecule has 2 aliphatic heterocycles. The lowest BCUT2D eigenvalue weighted by molar-refractivity contribution is -0.137. The van der Waals surface area contributed by atoms with E-state index in [-0.39, 0.29) is 12.5 Å². The van der Waals surface area contributed by atoms with Crippen molar-refractivity contribution in [1.29, 1.82) is 0 Å². The fourth-order valence-corrected chi connectivity index (χ4v) is 3.52. The van der Waals surface area contributed by atoms with E-state index in [1.807, 2.05) is 0 Å². The summed E-state index contributed by atoms with van der Waals surface area (Å²) >= 11 is 0. The first-order chi connectivity index (χ1) is 13.9. The minimum absolute atomic E-state index is 0.220. The number of hydrogen-bond acceptors (Lipinski definition) is 4. The number of imidazole rings is 1. The second kappa shape index (κ2) is 7.82. The van der Waals surface area contributed by atoms with Crippen LogP contribution in [0.2, 0.25) is 0 Å². The monoisotopic (exact) mass is 403 g/mol. The average Bonchev–Trinajstić information content (AvgIpc) is 3.13. The summed E-state index contributed by atoms with van der Waals surface area (Å²) in [5, 5.41) is 6.02. The Morgan fingerprint density at radius 2 is 2.21 bits per heavy atom. The van der Waals surface area contributed by atoms with Gasteiger partial charge in [0.1, 0.15) is 6.04 Å². The number of nitrogens with one attached hydrogen (secondary N) is 2. The van der Waals surface area contributed by atoms with Gasteiger partial charge in [-0.15, -0.1) is 0 Å². The molecule has 1 aromatic heterocycles. The van der Waals surface area contributed by atoms with E-state index in [1.54, 1.807) is 23.0 Å². The Morgan fingerprint density at radius 1 is 1.34 bits per heavy atom. The molecule has 2 aliphatic rings. The van der Waals surface area contributed by atoms with Crippen LogP contribution in [-0.4, -0.2) is 40.8 Å². The van der Waals surface area contributed by atoms with Crippen LogP contribution in [-0.2, 0) is 17.5 Å². The quantitative estimate of drug-likeness (QED) is 0.825. The summed E-state index contributed by atoms with van der Waals surface area (Å²) in [6.07, 6.45) is 1.98. The Kier molecular flexibility index (Phi) is 5.23. The molecule has 6 nitrogen and oxygen atoms in total. The molecule has 2 aromatic rings. The molecule has 1 amide bonds. The van der Waals surface area contributed by atoms with Crippen LogP contribution in [0.5, 0.6) is 0 Å². The number of dihydropyridines is 1. The Morgan fingerprint density at radius 3 is 3.03 bits per heavy atom. The van der Waals surface area contributed by atoms with Crippen LogP contribution in [0.4, 0.5) is 19.0 Å². The van der Waals surface area contributed by atoms with Crippen molar-refractivity contribution in [2.45, 2.75) is 31.6 Å². The number of rotatable bonds is 4. The third-order valence-electron chi connectivity index (χ3n) is 5.03. The highest BCUT2D eigenvalue weighted by atomic mass is 19.4. The first-order valence-corrected chi connectivity index (χ1v) is 9.32. The van der Waals surface area contributed by atoms with Gasteiger partial charge < -0.3 is 15.2 Å². The first kappa shape index (κ1) is 19.4. The van der Waals surface area contributed by atoms with Gasteiger partial charge in [0.2, 0.25) is 0 Å². The fourth-order valence-electron chi connectivity index (χ4n) is 3.52. The maximum absolute atomic E-state index is 12.9. The lowest BCUT2D eigenvalue weighted by atomic mass is 9.93. The summed E-state index contributed by atoms with van der Waals surface area (Å²) in [6.45, 7) is 1.91. The summed E-state index contributed by atoms with van der Waals surface area (Å²) in [6, 6.07) is 4.66. The van der Waals surface area contributed by atoms with Crippen molar-refractivity contribution in [3.63, 3.8) is 0 Å². The van der Waals surface area contributed by atoms with E-state index in [2.05, 4.69) is 20.6 Å². The number of aromatic nitrogens is 2. The summed E-state index contributed by atoms with van der Waals surface area (Å²) in [5.41, 5.74) is 2.22. The second-order valence-electron chi connectivity index (χ2n) is 7.17. The first-order valence-electron chi connectivity index (χ1n) is 9.32. The van der Waals surface area contributed by atoms with E-state index >= 15 is 0 Å². The molecule has 9 heteroatoms. The van der Waals surface area contributed by atoms with Crippen LogP contribution in [0, 0.1) is 0 Å². The van der Waals surface area contributed by atoms with Crippen LogP contribution in [0.15, 0.2) is 52.9 Å². The van der Waals surface area contributed by atoms with Gasteiger partial charge in [0.15, 0.2) is 5.82 Å². The molecular formula is C20H20F3N5O. The number of carbonyl (C=O) groups is 1. The number of hydrogen-bond donors (Lipinski definition) is 2. The molecule has 3 heterocycles. The van der Waals surface area contributed by atoms with Crippen molar-refractivity contribution in [2.24, 2.45) is 4.99 Å². The fraction of sp³-hybridized carbons (Fsp3) is 0.350. The summed E-state index contributed by atoms with van der Waals surface area (Å²) < 4.78 is 40.2. The molecule has 1 aromatic carbocycles. The Bertz CT molecular complexity index is 976. The van der Waals surface area contributed by atoms with E-state index in [0.717, 1.165) is 37.2 Å². The third-order valence-corrected chi connectivity index (χ3v) is 5.03. The van der Waals surface area contributed by atoms with E-state index in [0.29, 0.717) is 17.8 Å². The molecule has 2 N–H and O–H groups in total. The number of alkyl halides is 3. The molecule has 29 heavy (non-hydrogen) atoms. The molecule has 1 atom stereocenters. The SMILES string of the molecule is O=C(Nc1cn(Cc2cccc(C(F)(F)F)c2)cn1)C1CC2=C(C=N1)CNCC2. The predicted octanol–water partition coefficient (Wildman–Crippen LogP) is 3.02. The molecule has 0 spiro atoms. The van der Waals surface area contributed by atoms with Crippen LogP contribution >= 0.6 is 0 Å². The molecule has 4 rings (SSSR count). The number of anilines is 1. The normalized spacial score (nSPS) is 19.2. The number of amides is 1. The zero-order chi connectivity index (χ0) is 20.4. The molecule has 1 unspecified atom stereocenters. The topological polar surface area (TPSA) is 71.3 Å². The van der Waals surface area contributed by atoms with Crippen molar-refractivity contribution in [3.8, 4) is 0 Å². The average molecular weight is 403 g/mol. The zero-order valence-electron chi connectivity index (χ0n) is 15.5. The number of benzene rings is 1. The lowest BCUT2D eigenvalue weighted by Crippen LogP contribution is -2.34. The molecule has 0 saturated heterocycles. The van der Waals surface area contributed by atoms with Gasteiger partial charge in [-0.1, -0.05) is 17.7 Å². The number of halogens is 3. The predicted molar refractivity (Wildman–Crippen MR) is 103 cm³/mol. The van der Waals surface area contributed by atoms with E-state index < -0.39 is 17.8 Å². The van der Waals surface area contributed by atoms with Gasteiger partial charge in [0.05, 0.1) is 11.9 Å². The highest BCUT2D eigenvalue weighted by Crippen LogP contribution is 2.29. The van der Waals surface area contributed by atoms with Gasteiger partial charge in [0.25, 0.3) is 5.91 Å². The minimum atomic E-state index is -4.38. The van der Waals surface area contributed by atoms with Crippen molar-refractivity contribution in [2.75, 3.05) is 18.4 Å². The van der Waals surface area contributed by atoms with Gasteiger partial charge in [0, 0.05) is 31.9 Å². The summed E-state index contributed by atoms with van der Waals surface area (Å²) in [4.78, 5) is 21.0. The molecule has 152 valence electrons. The van der Waals surface area contributed by atoms with Crippen molar-refractivity contribution < 1.29 is 18.0 Å². The van der Waals surface area contributed by atoms with Crippen LogP contribution < -0.4 is 10.6 Å². The highest BCUT2D eigenvalue weighted by molar-refractivity contribution is 5.97. The Hall–Kier alpha value is -2.94. The number of nitrogens with zero attached hydrogens (tertiary/aromatic N) is 3. The molecular weight excluding hydrogens is 383 g/mol. The maximum atomic E-state index is 12.9. The van der Waals surface area contributed by atoms with Crippen molar-refractivity contribution in [1.82, 2.24) is 14.9 Å². The van der Waals surface area contributed by atoms with E-state index in [4.69, 9.17) is 0 Å². The van der Waals surface area contributed by atoms with Gasteiger partial charge in [-0.25, -0.2) is 4.98 Å². The van der Waals surface area contributed by atoms with Gasteiger partial charge in [-0.2, -0.15) is 13.2 Å². The molecule has 0 fully saturated rings. The summed E-state index contributed by atoms with van der Waals surface area (Å²) in [5.74, 6) is 0.109. The van der Waals surface area contributed by atoms with Gasteiger partial charge >= 0.3 is 6.18 Å². The minimum Gasteiger partial charge on any atom is -0.331 e. The molecule has 0 radical (unpaired) electrons. The summed E-state index contributed by atoms with van der Waals surface area (Å²) in [7, 11) is 0. The van der Waals surface area contributed by atoms with Gasteiger partial charge in [-0.3, -0.25) is 9.79 Å². The van der Waals surface area contributed by atoms with E-state index in [9.17, 15) is 18.0 Å². The smallest absolute Gasteiger partial charge is 0.331 e. The molecule has 0 saturated carbocycles. The lowest BCUT2D eigenvalue weighted by Gasteiger charge is -2.25. The van der Waals surface area contributed by atoms with Gasteiger partial charge in [-0.05, 0) is 36.2 Å². The Balaban J connectivity index is 1.38. The number of carbonyl (C=O) groups excluding carboxylic acids is 1. The van der Waals surface area contributed by atoms with Crippen molar-refractivity contribution in [3.05, 3.63) is 59.1 Å². The third kappa shape index (κ3) is 4.56. The van der Waals surface area contributed by atoms with Crippen LogP contribution in [0.25, 0.3) is 0 Å². The zero-order valence-corrected chi connectivity index (χ0v) is 15.5. The van der Waals surface area contributed by atoms with E-state index in [1.165, 1.54) is 18.0 Å². The largest absolute Gasteiger partial charge is 0.416 e. The Labute approximate surface area is 165 Å². The van der Waals surface area contributed by atoms with Crippen LogP contribution in [0.3, 0.4) is 0 Å². The maximum Gasteiger partial charge on any atom is 0.416 e. The highest BCUT2D eigenvalue weighted by Gasteiger charge is 2.30. The molecule has 0 aliphatic carbocycles. The standard InChI is InChI=1S/C20H20F3N5O/c21-20(22,23)16-3-1-2-13(6-16)10-28-11-18(26-12-28)27-19(29)17-7-14-4-5-24-8-15(14)9-25-17/h1-3,6,9,11-12,17,24H,4-5,7-8,10H2,(H,27,29). The molecule has 0 bridgehead atoms. The van der Waals surface area contributed by atoms with Crippen LogP contribution in [0.1, 0.15) is 24.0 Å². The number of aliphatic imine (C=N–C) groups is 1.